The first-order valence-electron chi connectivity index (χ1n) is 10.6. The van der Waals surface area contributed by atoms with Crippen LogP contribution >= 0.6 is 0 Å². The molecule has 2 N–H and O–H groups in total. The Kier molecular flexibility index (Phi) is 8.52. The molecule has 7 nitrogen and oxygen atoms in total. The third kappa shape index (κ3) is 7.18. The van der Waals surface area contributed by atoms with Crippen molar-refractivity contribution in [2.24, 2.45) is 4.99 Å². The van der Waals surface area contributed by atoms with Crippen molar-refractivity contribution in [3.8, 4) is 0 Å². The summed E-state index contributed by atoms with van der Waals surface area (Å²) < 4.78 is 7.45. The quantitative estimate of drug-likeness (QED) is 0.385. The first kappa shape index (κ1) is 21.3. The Morgan fingerprint density at radius 1 is 1.17 bits per heavy atom. The monoisotopic (exact) mass is 398 g/mol. The van der Waals surface area contributed by atoms with E-state index in [-0.39, 0.29) is 0 Å². The number of rotatable bonds is 9. The molecule has 0 unspecified atom stereocenters. The Bertz CT molecular complexity index is 766. The van der Waals surface area contributed by atoms with Crippen LogP contribution in [0.25, 0.3) is 0 Å². The van der Waals surface area contributed by atoms with Crippen molar-refractivity contribution >= 4 is 5.96 Å². The van der Waals surface area contributed by atoms with Crippen LogP contribution in [0.1, 0.15) is 30.0 Å². The first-order chi connectivity index (χ1) is 14.2. The van der Waals surface area contributed by atoms with Gasteiger partial charge in [0, 0.05) is 45.5 Å². The van der Waals surface area contributed by atoms with Crippen molar-refractivity contribution in [3.63, 3.8) is 0 Å². The largest absolute Gasteiger partial charge is 0.379 e. The lowest BCUT2D eigenvalue weighted by atomic mass is 10.1. The van der Waals surface area contributed by atoms with Crippen LogP contribution in [-0.4, -0.2) is 60.0 Å². The van der Waals surface area contributed by atoms with Gasteiger partial charge >= 0.3 is 0 Å². The highest BCUT2D eigenvalue weighted by atomic mass is 16.5. The molecule has 0 aliphatic carbocycles. The molecule has 3 rings (SSSR count). The van der Waals surface area contributed by atoms with Gasteiger partial charge in [0.25, 0.3) is 0 Å². The summed E-state index contributed by atoms with van der Waals surface area (Å²) in [6.45, 7) is 12.1. The molecule has 2 aromatic rings. The van der Waals surface area contributed by atoms with Gasteiger partial charge in [-0.1, -0.05) is 24.3 Å². The molecule has 1 aromatic carbocycles. The van der Waals surface area contributed by atoms with E-state index in [1.54, 1.807) is 0 Å². The zero-order valence-corrected chi connectivity index (χ0v) is 17.7. The summed E-state index contributed by atoms with van der Waals surface area (Å²) in [6, 6.07) is 8.61. The minimum Gasteiger partial charge on any atom is -0.379 e. The van der Waals surface area contributed by atoms with Gasteiger partial charge < -0.3 is 15.4 Å². The SMILES string of the molecule is CCNC(=NCc1ccccc1CN1CCOCC1)NCCCn1cc(C)cn1. The second-order valence-corrected chi connectivity index (χ2v) is 7.41. The van der Waals surface area contributed by atoms with Crippen LogP contribution in [-0.2, 0) is 24.4 Å². The van der Waals surface area contributed by atoms with Crippen molar-refractivity contribution in [1.82, 2.24) is 25.3 Å². The van der Waals surface area contributed by atoms with E-state index in [4.69, 9.17) is 9.73 Å². The Hall–Kier alpha value is -2.38. The molecule has 1 aliphatic heterocycles. The predicted octanol–water partition coefficient (Wildman–Crippen LogP) is 2.17. The summed E-state index contributed by atoms with van der Waals surface area (Å²) in [4.78, 5) is 7.27. The molecule has 1 saturated heterocycles. The highest BCUT2D eigenvalue weighted by Crippen LogP contribution is 2.14. The molecule has 0 spiro atoms. The van der Waals surface area contributed by atoms with Gasteiger partial charge in [-0.3, -0.25) is 9.58 Å². The van der Waals surface area contributed by atoms with E-state index in [1.165, 1.54) is 16.7 Å². The van der Waals surface area contributed by atoms with Gasteiger partial charge in [0.05, 0.1) is 26.0 Å². The van der Waals surface area contributed by atoms with E-state index in [9.17, 15) is 0 Å². The molecular weight excluding hydrogens is 364 g/mol. The number of nitrogens with one attached hydrogen (secondary N) is 2. The van der Waals surface area contributed by atoms with Gasteiger partial charge in [0.1, 0.15) is 0 Å². The zero-order valence-electron chi connectivity index (χ0n) is 17.7. The summed E-state index contributed by atoms with van der Waals surface area (Å²) in [5.74, 6) is 0.866. The third-order valence-electron chi connectivity index (χ3n) is 4.99. The fraction of sp³-hybridized carbons (Fsp3) is 0.545. The summed E-state index contributed by atoms with van der Waals surface area (Å²) in [7, 11) is 0. The number of benzene rings is 1. The minimum absolute atomic E-state index is 0.675. The molecule has 0 radical (unpaired) electrons. The van der Waals surface area contributed by atoms with Crippen molar-refractivity contribution in [2.45, 2.75) is 39.9 Å². The Morgan fingerprint density at radius 2 is 1.97 bits per heavy atom. The van der Waals surface area contributed by atoms with Crippen LogP contribution in [0.4, 0.5) is 0 Å². The molecule has 1 fully saturated rings. The maximum absolute atomic E-state index is 5.46. The van der Waals surface area contributed by atoms with Crippen LogP contribution in [0.3, 0.4) is 0 Å². The van der Waals surface area contributed by atoms with Crippen molar-refractivity contribution in [1.29, 1.82) is 0 Å². The van der Waals surface area contributed by atoms with E-state index in [0.29, 0.717) is 6.54 Å². The molecule has 0 saturated carbocycles. The number of aromatic nitrogens is 2. The molecule has 158 valence electrons. The second kappa shape index (κ2) is 11.6. The number of ether oxygens (including phenoxy) is 1. The topological polar surface area (TPSA) is 66.7 Å². The zero-order chi connectivity index (χ0) is 20.3. The molecule has 0 amide bonds. The molecule has 1 aromatic heterocycles. The maximum Gasteiger partial charge on any atom is 0.191 e. The number of aryl methyl sites for hydroxylation is 2. The van der Waals surface area contributed by atoms with Crippen LogP contribution in [0, 0.1) is 6.92 Å². The van der Waals surface area contributed by atoms with Gasteiger partial charge in [-0.05, 0) is 37.0 Å². The van der Waals surface area contributed by atoms with Gasteiger partial charge in [-0.25, -0.2) is 4.99 Å². The van der Waals surface area contributed by atoms with Crippen molar-refractivity contribution < 1.29 is 4.74 Å². The maximum atomic E-state index is 5.46. The summed E-state index contributed by atoms with van der Waals surface area (Å²) in [5, 5.41) is 11.1. The number of aliphatic imine (C=N–C) groups is 1. The first-order valence-corrected chi connectivity index (χ1v) is 10.6. The number of nitrogens with zero attached hydrogens (tertiary/aromatic N) is 4. The van der Waals surface area contributed by atoms with Gasteiger partial charge in [-0.15, -0.1) is 0 Å². The number of morpholine rings is 1. The number of hydrogen-bond donors (Lipinski definition) is 2. The lowest BCUT2D eigenvalue weighted by Gasteiger charge is -2.27. The fourth-order valence-electron chi connectivity index (χ4n) is 3.41. The Balaban J connectivity index is 1.52. The fourth-order valence-corrected chi connectivity index (χ4v) is 3.41. The molecule has 29 heavy (non-hydrogen) atoms. The van der Waals surface area contributed by atoms with E-state index < -0.39 is 0 Å². The van der Waals surface area contributed by atoms with Crippen LogP contribution < -0.4 is 10.6 Å². The van der Waals surface area contributed by atoms with Crippen molar-refractivity contribution in [3.05, 3.63) is 53.3 Å². The second-order valence-electron chi connectivity index (χ2n) is 7.41. The predicted molar refractivity (Wildman–Crippen MR) is 117 cm³/mol. The van der Waals surface area contributed by atoms with Crippen LogP contribution in [0.15, 0.2) is 41.7 Å². The molecule has 2 heterocycles. The average molecular weight is 399 g/mol. The highest BCUT2D eigenvalue weighted by Gasteiger charge is 2.12. The molecule has 0 atom stereocenters. The van der Waals surface area contributed by atoms with Gasteiger partial charge in [0.2, 0.25) is 0 Å². The normalized spacial score (nSPS) is 15.4. The smallest absolute Gasteiger partial charge is 0.191 e. The molecule has 1 aliphatic rings. The summed E-state index contributed by atoms with van der Waals surface area (Å²) in [5.41, 5.74) is 3.83. The average Bonchev–Trinajstić information content (AvgIpc) is 3.16. The lowest BCUT2D eigenvalue weighted by molar-refractivity contribution is 0.0341. The van der Waals surface area contributed by atoms with E-state index >= 15 is 0 Å². The molecule has 0 bridgehead atoms. The Labute approximate surface area is 174 Å². The standard InChI is InChI=1S/C22H34N6O/c1-3-23-22(24-9-6-10-28-17-19(2)15-26-28)25-16-20-7-4-5-8-21(20)18-27-11-13-29-14-12-27/h4-5,7-8,15,17H,3,6,9-14,16,18H2,1-2H3,(H2,23,24,25). The number of guanidine groups is 1. The van der Waals surface area contributed by atoms with E-state index in [0.717, 1.165) is 64.9 Å². The third-order valence-corrected chi connectivity index (χ3v) is 4.99. The lowest BCUT2D eigenvalue weighted by Crippen LogP contribution is -2.38. The molecule has 7 heteroatoms. The van der Waals surface area contributed by atoms with Crippen LogP contribution in [0.2, 0.25) is 0 Å². The minimum atomic E-state index is 0.675. The Morgan fingerprint density at radius 3 is 2.69 bits per heavy atom. The summed E-state index contributed by atoms with van der Waals surface area (Å²) >= 11 is 0. The number of hydrogen-bond acceptors (Lipinski definition) is 4. The van der Waals surface area contributed by atoms with E-state index in [1.807, 2.05) is 10.9 Å². The van der Waals surface area contributed by atoms with Crippen molar-refractivity contribution in [2.75, 3.05) is 39.4 Å². The van der Waals surface area contributed by atoms with Gasteiger partial charge in [0.15, 0.2) is 5.96 Å². The van der Waals surface area contributed by atoms with E-state index in [2.05, 4.69) is 64.9 Å². The molecular formula is C22H34N6O. The van der Waals surface area contributed by atoms with Crippen LogP contribution in [0.5, 0.6) is 0 Å². The van der Waals surface area contributed by atoms with Gasteiger partial charge in [-0.2, -0.15) is 5.10 Å². The summed E-state index contributed by atoms with van der Waals surface area (Å²) in [6.07, 6.45) is 4.97. The highest BCUT2D eigenvalue weighted by molar-refractivity contribution is 5.79.